The Balaban J connectivity index is -0.00000102. The lowest BCUT2D eigenvalue weighted by Gasteiger charge is -2.05. The fourth-order valence-electron chi connectivity index (χ4n) is 1.21. The summed E-state index contributed by atoms with van der Waals surface area (Å²) in [6.45, 7) is 19.0. The third kappa shape index (κ3) is 13.5. The Bertz CT molecular complexity index is 510. The summed E-state index contributed by atoms with van der Waals surface area (Å²) in [7, 11) is 0. The van der Waals surface area contributed by atoms with Crippen molar-refractivity contribution in [2.24, 2.45) is 5.10 Å². The van der Waals surface area contributed by atoms with Crippen molar-refractivity contribution in [3.63, 3.8) is 0 Å². The van der Waals surface area contributed by atoms with E-state index in [-0.39, 0.29) is 5.71 Å². The number of nitrogens with one attached hydrogen (secondary N) is 1. The summed E-state index contributed by atoms with van der Waals surface area (Å²) in [5, 5.41) is 3.37. The minimum Gasteiger partial charge on any atom is -0.278 e. The average Bonchev–Trinajstić information content (AvgIpc) is 2.61. The van der Waals surface area contributed by atoms with Crippen LogP contribution in [0.25, 0.3) is 0 Å². The van der Waals surface area contributed by atoms with Crippen LogP contribution >= 0.6 is 11.6 Å². The largest absolute Gasteiger partial charge is 0.278 e. The van der Waals surface area contributed by atoms with Crippen molar-refractivity contribution in [2.45, 2.75) is 41.5 Å². The molecule has 0 bridgehead atoms. The molecule has 0 aliphatic heterocycles. The maximum atomic E-state index is 11.5. The number of carbonyl (C=O) groups is 1. The van der Waals surface area contributed by atoms with Crippen molar-refractivity contribution in [3.8, 4) is 0 Å². The zero-order valence-corrected chi connectivity index (χ0v) is 16.5. The van der Waals surface area contributed by atoms with Crippen molar-refractivity contribution in [1.29, 1.82) is 0 Å². The van der Waals surface area contributed by atoms with E-state index in [9.17, 15) is 4.79 Å². The molecule has 0 radical (unpaired) electrons. The zero-order valence-electron chi connectivity index (χ0n) is 15.8. The maximum absolute atomic E-state index is 11.5. The van der Waals surface area contributed by atoms with Gasteiger partial charge in [0, 0.05) is 5.57 Å². The van der Waals surface area contributed by atoms with Crippen molar-refractivity contribution >= 4 is 22.6 Å². The first-order valence-corrected chi connectivity index (χ1v) is 8.43. The second kappa shape index (κ2) is 20.9. The van der Waals surface area contributed by atoms with Crippen molar-refractivity contribution in [3.05, 3.63) is 73.0 Å². The molecule has 0 rings (SSSR count). The van der Waals surface area contributed by atoms with Gasteiger partial charge < -0.3 is 0 Å². The third-order valence-corrected chi connectivity index (χ3v) is 2.27. The zero-order chi connectivity index (χ0) is 19.4. The first-order chi connectivity index (χ1) is 11.6. The molecule has 24 heavy (non-hydrogen) atoms. The molecule has 0 saturated carbocycles. The Kier molecular flexibility index (Phi) is 23.3. The summed E-state index contributed by atoms with van der Waals surface area (Å²) >= 11 is 5.56. The van der Waals surface area contributed by atoms with Gasteiger partial charge in [0.25, 0.3) is 5.24 Å². The van der Waals surface area contributed by atoms with Crippen LogP contribution in [-0.4, -0.2) is 11.0 Å². The lowest BCUT2D eigenvalue weighted by molar-refractivity contribution is -0.106. The fourth-order valence-corrected chi connectivity index (χ4v) is 1.36. The van der Waals surface area contributed by atoms with Gasteiger partial charge in [-0.1, -0.05) is 77.3 Å². The maximum Gasteiger partial charge on any atom is 0.273 e. The van der Waals surface area contributed by atoms with Crippen molar-refractivity contribution < 1.29 is 4.79 Å². The molecule has 4 heteroatoms. The van der Waals surface area contributed by atoms with Crippen molar-refractivity contribution in [1.82, 2.24) is 5.43 Å². The van der Waals surface area contributed by atoms with Gasteiger partial charge >= 0.3 is 0 Å². The van der Waals surface area contributed by atoms with Gasteiger partial charge in [0.05, 0.1) is 5.70 Å². The Morgan fingerprint density at radius 2 is 1.62 bits per heavy atom. The molecule has 0 unspecified atom stereocenters. The van der Waals surface area contributed by atoms with Crippen molar-refractivity contribution in [2.75, 3.05) is 0 Å². The molecule has 0 atom stereocenters. The quantitative estimate of drug-likeness (QED) is 0.249. The van der Waals surface area contributed by atoms with E-state index in [4.69, 9.17) is 11.6 Å². The highest BCUT2D eigenvalue weighted by Crippen LogP contribution is 2.06. The predicted molar refractivity (Wildman–Crippen MR) is 110 cm³/mol. The summed E-state index contributed by atoms with van der Waals surface area (Å²) in [5.74, 6) is 0. The van der Waals surface area contributed by atoms with Gasteiger partial charge in [0.2, 0.25) is 0 Å². The molecule has 0 spiro atoms. The molecule has 0 aromatic rings. The van der Waals surface area contributed by atoms with Crippen LogP contribution < -0.4 is 5.43 Å². The van der Waals surface area contributed by atoms with E-state index in [1.54, 1.807) is 36.5 Å². The molecule has 134 valence electrons. The molecule has 0 aliphatic carbocycles. The Hall–Kier alpha value is -2.13. The van der Waals surface area contributed by atoms with Crippen LogP contribution in [0.5, 0.6) is 0 Å². The van der Waals surface area contributed by atoms with E-state index >= 15 is 0 Å². The first-order valence-electron chi connectivity index (χ1n) is 8.05. The molecule has 0 aromatic carbocycles. The van der Waals surface area contributed by atoms with Gasteiger partial charge in [-0.15, -0.1) is 0 Å². The van der Waals surface area contributed by atoms with Gasteiger partial charge in [0.1, 0.15) is 5.71 Å². The summed E-state index contributed by atoms with van der Waals surface area (Å²) < 4.78 is 0. The molecule has 0 amide bonds. The number of hydrogen-bond acceptors (Lipinski definition) is 3. The molecule has 0 saturated heterocycles. The van der Waals surface area contributed by atoms with Gasteiger partial charge in [-0.05, 0) is 37.6 Å². The Morgan fingerprint density at radius 3 is 2.00 bits per heavy atom. The Labute approximate surface area is 152 Å². The normalized spacial score (nSPS) is 12.0. The third-order valence-electron chi connectivity index (χ3n) is 2.09. The van der Waals surface area contributed by atoms with Crippen LogP contribution in [0.2, 0.25) is 0 Å². The number of allylic oxidation sites excluding steroid dienone is 9. The highest BCUT2D eigenvalue weighted by Gasteiger charge is 2.12. The molecule has 0 fully saturated rings. The van der Waals surface area contributed by atoms with Gasteiger partial charge in [-0.25, -0.2) is 0 Å². The lowest BCUT2D eigenvalue weighted by Crippen LogP contribution is -2.16. The highest BCUT2D eigenvalue weighted by molar-refractivity contribution is 6.84. The highest BCUT2D eigenvalue weighted by atomic mass is 35.5. The van der Waals surface area contributed by atoms with Crippen LogP contribution in [0, 0.1) is 0 Å². The number of nitrogens with zero attached hydrogens (tertiary/aromatic N) is 1. The van der Waals surface area contributed by atoms with E-state index in [1.807, 2.05) is 53.7 Å². The number of hydrogen-bond donors (Lipinski definition) is 1. The van der Waals surface area contributed by atoms with Crippen LogP contribution in [0.3, 0.4) is 0 Å². The summed E-state index contributed by atoms with van der Waals surface area (Å²) in [4.78, 5) is 11.5. The monoisotopic (exact) mass is 350 g/mol. The second-order valence-electron chi connectivity index (χ2n) is 3.56. The van der Waals surface area contributed by atoms with Crippen LogP contribution in [0.1, 0.15) is 41.5 Å². The second-order valence-corrected chi connectivity index (χ2v) is 3.90. The van der Waals surface area contributed by atoms with Crippen LogP contribution in [0.4, 0.5) is 0 Å². The number of halogens is 1. The predicted octanol–water partition coefficient (Wildman–Crippen LogP) is 6.08. The van der Waals surface area contributed by atoms with E-state index in [0.29, 0.717) is 11.3 Å². The molecular weight excluding hydrogens is 320 g/mol. The van der Waals surface area contributed by atoms with Gasteiger partial charge in [-0.3, -0.25) is 10.2 Å². The number of carbonyl (C=O) groups excluding carboxylic acids is 1. The van der Waals surface area contributed by atoms with E-state index in [1.165, 1.54) is 0 Å². The Morgan fingerprint density at radius 1 is 1.04 bits per heavy atom. The number of hydrazone groups is 1. The summed E-state index contributed by atoms with van der Waals surface area (Å²) in [6, 6.07) is 0. The standard InChI is InChI=1S/C16H19ClN2O.2C2H6/c1-5-9-12-14(8-4)18-19-15(16(17)20)13(10-6-2)11-7-3;2*1-2/h5-12,18H,2,4H2,1,3H3;2*1-2H3/b9-5-,11-7-,13-10+,14-12+,19-15-;;. The fraction of sp³-hybridized carbons (Fsp3) is 0.300. The molecule has 0 aromatic heterocycles. The molecule has 0 aliphatic rings. The van der Waals surface area contributed by atoms with Gasteiger partial charge in [0.15, 0.2) is 0 Å². The minimum absolute atomic E-state index is 0.109. The summed E-state index contributed by atoms with van der Waals surface area (Å²) in [5.41, 5.74) is 4.08. The van der Waals surface area contributed by atoms with Gasteiger partial charge in [-0.2, -0.15) is 5.10 Å². The summed E-state index contributed by atoms with van der Waals surface area (Å²) in [6.07, 6.45) is 13.8. The molecule has 1 N–H and O–H groups in total. The first kappa shape index (κ1) is 26.8. The van der Waals surface area contributed by atoms with E-state index in [0.717, 1.165) is 0 Å². The minimum atomic E-state index is -0.654. The van der Waals surface area contributed by atoms with E-state index < -0.39 is 5.24 Å². The smallest absolute Gasteiger partial charge is 0.273 e. The SMILES string of the molecule is C=C/C=C(\C=C/C)C(=N/N/C(C=C)=C/C=C\C)/C(=O)Cl.CC.CC. The topological polar surface area (TPSA) is 41.5 Å². The lowest BCUT2D eigenvalue weighted by atomic mass is 10.1. The molecule has 3 nitrogen and oxygen atoms in total. The molecule has 0 heterocycles. The van der Waals surface area contributed by atoms with E-state index in [2.05, 4.69) is 23.7 Å². The number of rotatable bonds is 8. The van der Waals surface area contributed by atoms with Crippen LogP contribution in [0.15, 0.2) is 78.1 Å². The molecular formula is C20H31ClN2O. The average molecular weight is 351 g/mol. The van der Waals surface area contributed by atoms with Crippen LogP contribution in [-0.2, 0) is 4.79 Å².